The average molecular weight is 368 g/mol. The Hall–Kier alpha value is -3.58. The highest BCUT2D eigenvalue weighted by Crippen LogP contribution is 2.43. The van der Waals surface area contributed by atoms with E-state index < -0.39 is 5.41 Å². The number of fused-ring (bicyclic) bond motifs is 1. The van der Waals surface area contributed by atoms with Gasteiger partial charge in [-0.1, -0.05) is 42.5 Å². The highest BCUT2D eigenvalue weighted by molar-refractivity contribution is 6.06. The first-order valence-corrected chi connectivity index (χ1v) is 9.14. The predicted octanol–water partition coefficient (Wildman–Crippen LogP) is 4.69. The summed E-state index contributed by atoms with van der Waals surface area (Å²) in [6.45, 7) is 1.94. The van der Waals surface area contributed by atoms with Crippen LogP contribution in [0.25, 0.3) is 11.1 Å². The van der Waals surface area contributed by atoms with Crippen molar-refractivity contribution in [1.29, 1.82) is 5.26 Å². The van der Waals surface area contributed by atoms with E-state index in [1.807, 2.05) is 61.5 Å². The van der Waals surface area contributed by atoms with Gasteiger partial charge in [0, 0.05) is 11.3 Å². The number of nitrogens with one attached hydrogen (secondary N) is 1. The molecule has 1 heterocycles. The molecule has 1 N–H and O–H groups in total. The molecule has 0 aliphatic carbocycles. The van der Waals surface area contributed by atoms with Crippen molar-refractivity contribution in [3.63, 3.8) is 0 Å². The number of ether oxygens (including phenoxy) is 1. The molecular formula is C24H20N2O2. The van der Waals surface area contributed by atoms with Crippen LogP contribution >= 0.6 is 0 Å². The highest BCUT2D eigenvalue weighted by Gasteiger charge is 2.43. The summed E-state index contributed by atoms with van der Waals surface area (Å²) in [4.78, 5) is 12.9. The Morgan fingerprint density at radius 2 is 1.82 bits per heavy atom. The number of methoxy groups -OCH3 is 1. The van der Waals surface area contributed by atoms with Gasteiger partial charge < -0.3 is 10.1 Å². The molecule has 1 aliphatic heterocycles. The van der Waals surface area contributed by atoms with E-state index in [0.717, 1.165) is 33.7 Å². The Balaban J connectivity index is 1.81. The first-order chi connectivity index (χ1) is 13.6. The predicted molar refractivity (Wildman–Crippen MR) is 109 cm³/mol. The van der Waals surface area contributed by atoms with Crippen molar-refractivity contribution in [1.82, 2.24) is 0 Å². The summed E-state index contributed by atoms with van der Waals surface area (Å²) in [6, 6.07) is 23.5. The zero-order chi connectivity index (χ0) is 19.7. The zero-order valence-corrected chi connectivity index (χ0v) is 15.8. The lowest BCUT2D eigenvalue weighted by Crippen LogP contribution is -2.33. The van der Waals surface area contributed by atoms with Crippen LogP contribution in [0.15, 0.2) is 66.7 Å². The second-order valence-electron chi connectivity index (χ2n) is 7.19. The van der Waals surface area contributed by atoms with Gasteiger partial charge in [0.2, 0.25) is 5.91 Å². The van der Waals surface area contributed by atoms with Gasteiger partial charge in [-0.2, -0.15) is 5.26 Å². The van der Waals surface area contributed by atoms with Crippen LogP contribution in [-0.2, 0) is 16.6 Å². The van der Waals surface area contributed by atoms with E-state index in [2.05, 4.69) is 17.5 Å². The summed E-state index contributed by atoms with van der Waals surface area (Å²) in [5.41, 5.74) is 4.46. The van der Waals surface area contributed by atoms with E-state index in [4.69, 9.17) is 4.74 Å². The van der Waals surface area contributed by atoms with E-state index in [1.165, 1.54) is 0 Å². The number of nitrogens with zero attached hydrogens (tertiary/aromatic N) is 1. The van der Waals surface area contributed by atoms with Gasteiger partial charge in [0.15, 0.2) is 0 Å². The van der Waals surface area contributed by atoms with E-state index in [9.17, 15) is 10.1 Å². The Kier molecular flexibility index (Phi) is 4.37. The average Bonchev–Trinajstić information content (AvgIpc) is 2.98. The fourth-order valence-electron chi connectivity index (χ4n) is 3.88. The largest absolute Gasteiger partial charge is 0.496 e. The van der Waals surface area contributed by atoms with Gasteiger partial charge in [0.1, 0.15) is 5.75 Å². The van der Waals surface area contributed by atoms with Gasteiger partial charge in [-0.15, -0.1) is 0 Å². The SMILES string of the molecule is COc1ccccc1-c1ccc2c(c1)C(C)(Cc1ccccc1C#N)C(=O)N2. The van der Waals surface area contributed by atoms with Crippen molar-refractivity contribution in [3.05, 3.63) is 83.4 Å². The van der Waals surface area contributed by atoms with Gasteiger partial charge in [-0.05, 0) is 54.3 Å². The molecule has 1 amide bonds. The van der Waals surface area contributed by atoms with E-state index >= 15 is 0 Å². The third kappa shape index (κ3) is 2.82. The van der Waals surface area contributed by atoms with Crippen LogP contribution in [0.4, 0.5) is 5.69 Å². The lowest BCUT2D eigenvalue weighted by atomic mass is 9.77. The third-order valence-electron chi connectivity index (χ3n) is 5.46. The van der Waals surface area contributed by atoms with Crippen LogP contribution in [0, 0.1) is 11.3 Å². The maximum absolute atomic E-state index is 12.9. The summed E-state index contributed by atoms with van der Waals surface area (Å²) in [5, 5.41) is 12.4. The van der Waals surface area contributed by atoms with Crippen LogP contribution in [-0.4, -0.2) is 13.0 Å². The van der Waals surface area contributed by atoms with Crippen molar-refractivity contribution in [2.24, 2.45) is 0 Å². The maximum Gasteiger partial charge on any atom is 0.235 e. The molecule has 0 spiro atoms. The van der Waals surface area contributed by atoms with E-state index in [-0.39, 0.29) is 5.91 Å². The number of hydrogen-bond donors (Lipinski definition) is 1. The third-order valence-corrected chi connectivity index (χ3v) is 5.46. The van der Waals surface area contributed by atoms with Crippen molar-refractivity contribution < 1.29 is 9.53 Å². The van der Waals surface area contributed by atoms with Crippen LogP contribution in [0.3, 0.4) is 0 Å². The second kappa shape index (κ2) is 6.86. The van der Waals surface area contributed by atoms with Gasteiger partial charge in [-0.3, -0.25) is 4.79 Å². The Morgan fingerprint density at radius 1 is 1.07 bits per heavy atom. The molecule has 138 valence electrons. The van der Waals surface area contributed by atoms with Gasteiger partial charge in [-0.25, -0.2) is 0 Å². The normalized spacial score (nSPS) is 17.5. The van der Waals surface area contributed by atoms with Crippen LogP contribution < -0.4 is 10.1 Å². The Bertz CT molecular complexity index is 1110. The summed E-state index contributed by atoms with van der Waals surface area (Å²) in [7, 11) is 1.65. The molecule has 0 aromatic heterocycles. The van der Waals surface area contributed by atoms with Crippen molar-refractivity contribution >= 4 is 11.6 Å². The number of benzene rings is 3. The monoisotopic (exact) mass is 368 g/mol. The molecular weight excluding hydrogens is 348 g/mol. The van der Waals surface area contributed by atoms with E-state index in [0.29, 0.717) is 12.0 Å². The van der Waals surface area contributed by atoms with E-state index in [1.54, 1.807) is 13.2 Å². The van der Waals surface area contributed by atoms with Gasteiger partial charge >= 0.3 is 0 Å². The summed E-state index contributed by atoms with van der Waals surface area (Å²) >= 11 is 0. The molecule has 0 radical (unpaired) electrons. The number of anilines is 1. The molecule has 4 nitrogen and oxygen atoms in total. The minimum absolute atomic E-state index is 0.0487. The quantitative estimate of drug-likeness (QED) is 0.727. The van der Waals surface area contributed by atoms with Gasteiger partial charge in [0.05, 0.1) is 24.2 Å². The summed E-state index contributed by atoms with van der Waals surface area (Å²) in [6.07, 6.45) is 0.463. The zero-order valence-electron chi connectivity index (χ0n) is 15.8. The lowest BCUT2D eigenvalue weighted by Gasteiger charge is -2.23. The second-order valence-corrected chi connectivity index (χ2v) is 7.19. The summed E-state index contributed by atoms with van der Waals surface area (Å²) < 4.78 is 5.50. The smallest absolute Gasteiger partial charge is 0.235 e. The molecule has 28 heavy (non-hydrogen) atoms. The van der Waals surface area contributed by atoms with Crippen LogP contribution in [0.5, 0.6) is 5.75 Å². The fourth-order valence-corrected chi connectivity index (χ4v) is 3.88. The topological polar surface area (TPSA) is 62.1 Å². The number of carbonyl (C=O) groups excluding carboxylic acids is 1. The first kappa shape index (κ1) is 17.8. The standard InChI is InChI=1S/C24H20N2O2/c1-24(14-17-7-3-4-8-18(17)15-25)20-13-16(11-12-21(20)26-23(24)27)19-9-5-6-10-22(19)28-2/h3-13H,14H2,1-2H3,(H,26,27). The molecule has 3 aromatic carbocycles. The molecule has 4 heteroatoms. The van der Waals surface area contributed by atoms with Crippen LogP contribution in [0.1, 0.15) is 23.6 Å². The van der Waals surface area contributed by atoms with Crippen LogP contribution in [0.2, 0.25) is 0 Å². The Morgan fingerprint density at radius 3 is 2.61 bits per heavy atom. The minimum Gasteiger partial charge on any atom is -0.496 e. The minimum atomic E-state index is -0.750. The maximum atomic E-state index is 12.9. The number of carbonyl (C=O) groups is 1. The highest BCUT2D eigenvalue weighted by atomic mass is 16.5. The molecule has 0 saturated carbocycles. The van der Waals surface area contributed by atoms with Crippen molar-refractivity contribution in [2.75, 3.05) is 12.4 Å². The number of nitriles is 1. The molecule has 0 fully saturated rings. The molecule has 1 atom stereocenters. The molecule has 0 bridgehead atoms. The van der Waals surface area contributed by atoms with Crippen molar-refractivity contribution in [2.45, 2.75) is 18.8 Å². The molecule has 4 rings (SSSR count). The van der Waals surface area contributed by atoms with Gasteiger partial charge in [0.25, 0.3) is 0 Å². The molecule has 0 saturated heterocycles. The number of para-hydroxylation sites is 1. The lowest BCUT2D eigenvalue weighted by molar-refractivity contribution is -0.120. The molecule has 3 aromatic rings. The summed E-state index contributed by atoms with van der Waals surface area (Å²) in [5.74, 6) is 0.740. The van der Waals surface area contributed by atoms with Crippen molar-refractivity contribution in [3.8, 4) is 22.9 Å². The number of hydrogen-bond acceptors (Lipinski definition) is 3. The first-order valence-electron chi connectivity index (χ1n) is 9.14. The Labute approximate surface area is 164 Å². The number of rotatable bonds is 4. The molecule has 1 unspecified atom stereocenters. The molecule has 1 aliphatic rings. The number of amides is 1. The fraction of sp³-hybridized carbons (Fsp3) is 0.167.